The third-order valence-electron chi connectivity index (χ3n) is 3.49. The number of nitrogens with zero attached hydrogens (tertiary/aromatic N) is 1. The molecule has 0 atom stereocenters. The number of hydrogen-bond donors (Lipinski definition) is 1. The molecule has 1 aromatic carbocycles. The highest BCUT2D eigenvalue weighted by Crippen LogP contribution is 2.30. The molecule has 4 nitrogen and oxygen atoms in total. The first-order valence-electron chi connectivity index (χ1n) is 6.40. The highest BCUT2D eigenvalue weighted by molar-refractivity contribution is 5.59. The molecule has 0 saturated carbocycles. The second kappa shape index (κ2) is 5.96. The van der Waals surface area contributed by atoms with Gasteiger partial charge in [0, 0.05) is 12.1 Å². The molecule has 0 spiro atoms. The minimum atomic E-state index is 0.531. The predicted molar refractivity (Wildman–Crippen MR) is 73.7 cm³/mol. The third kappa shape index (κ3) is 3.07. The van der Waals surface area contributed by atoms with Crippen molar-refractivity contribution in [3.8, 4) is 11.5 Å². The first-order valence-corrected chi connectivity index (χ1v) is 6.40. The van der Waals surface area contributed by atoms with Gasteiger partial charge in [0.15, 0.2) is 0 Å². The summed E-state index contributed by atoms with van der Waals surface area (Å²) in [6.07, 6.45) is 2.34. The maximum absolute atomic E-state index is 5.40. The lowest BCUT2D eigenvalue weighted by molar-refractivity contribution is 0.263. The van der Waals surface area contributed by atoms with Gasteiger partial charge in [0.1, 0.15) is 11.5 Å². The first kappa shape index (κ1) is 13.0. The number of ether oxygens (including phenoxy) is 2. The Balaban J connectivity index is 2.04. The van der Waals surface area contributed by atoms with Gasteiger partial charge in [-0.15, -0.1) is 0 Å². The van der Waals surface area contributed by atoms with E-state index in [4.69, 9.17) is 9.47 Å². The van der Waals surface area contributed by atoms with Crippen LogP contribution in [0.25, 0.3) is 0 Å². The zero-order valence-electron chi connectivity index (χ0n) is 11.4. The van der Waals surface area contributed by atoms with Crippen LogP contribution in [0, 0.1) is 0 Å². The number of piperidine rings is 1. The zero-order chi connectivity index (χ0) is 13.0. The van der Waals surface area contributed by atoms with Crippen LogP contribution in [0.2, 0.25) is 0 Å². The van der Waals surface area contributed by atoms with Crippen molar-refractivity contribution in [2.24, 2.45) is 0 Å². The fourth-order valence-corrected chi connectivity index (χ4v) is 2.29. The molecular formula is C14H22N2O2. The Morgan fingerprint density at radius 2 is 1.89 bits per heavy atom. The molecule has 0 amide bonds. The van der Waals surface area contributed by atoms with Crippen molar-refractivity contribution in [3.05, 3.63) is 18.2 Å². The Bertz CT molecular complexity index is 387. The van der Waals surface area contributed by atoms with E-state index < -0.39 is 0 Å². The lowest BCUT2D eigenvalue weighted by Gasteiger charge is -2.30. The molecular weight excluding hydrogens is 228 g/mol. The highest BCUT2D eigenvalue weighted by atomic mass is 16.5. The second-order valence-electron chi connectivity index (χ2n) is 4.79. The molecule has 18 heavy (non-hydrogen) atoms. The van der Waals surface area contributed by atoms with Gasteiger partial charge in [-0.25, -0.2) is 0 Å². The minimum Gasteiger partial charge on any atom is -0.497 e. The fourth-order valence-electron chi connectivity index (χ4n) is 2.29. The van der Waals surface area contributed by atoms with E-state index in [0.717, 1.165) is 30.3 Å². The van der Waals surface area contributed by atoms with E-state index in [1.54, 1.807) is 14.2 Å². The van der Waals surface area contributed by atoms with Gasteiger partial charge in [-0.2, -0.15) is 0 Å². The average Bonchev–Trinajstić information content (AvgIpc) is 2.41. The molecule has 4 heteroatoms. The Kier molecular flexibility index (Phi) is 4.31. The Morgan fingerprint density at radius 1 is 1.17 bits per heavy atom. The van der Waals surface area contributed by atoms with Crippen LogP contribution in [-0.4, -0.2) is 45.3 Å². The SMILES string of the molecule is COc1ccc(NC2CCN(C)CC2)c(OC)c1. The van der Waals surface area contributed by atoms with Crippen LogP contribution in [0.4, 0.5) is 5.69 Å². The van der Waals surface area contributed by atoms with Crippen molar-refractivity contribution in [1.29, 1.82) is 0 Å². The fraction of sp³-hybridized carbons (Fsp3) is 0.571. The van der Waals surface area contributed by atoms with E-state index in [2.05, 4.69) is 17.3 Å². The molecule has 1 saturated heterocycles. The van der Waals surface area contributed by atoms with E-state index in [1.165, 1.54) is 12.8 Å². The molecule has 1 aliphatic heterocycles. The van der Waals surface area contributed by atoms with Gasteiger partial charge in [-0.05, 0) is 45.1 Å². The molecule has 0 aromatic heterocycles. The van der Waals surface area contributed by atoms with Crippen molar-refractivity contribution in [1.82, 2.24) is 4.90 Å². The van der Waals surface area contributed by atoms with Crippen LogP contribution in [-0.2, 0) is 0 Å². The molecule has 0 radical (unpaired) electrons. The van der Waals surface area contributed by atoms with Gasteiger partial charge in [0.05, 0.1) is 19.9 Å². The number of likely N-dealkylation sites (tertiary alicyclic amines) is 1. The Hall–Kier alpha value is -1.42. The van der Waals surface area contributed by atoms with Crippen molar-refractivity contribution < 1.29 is 9.47 Å². The van der Waals surface area contributed by atoms with Crippen LogP contribution in [0.15, 0.2) is 18.2 Å². The van der Waals surface area contributed by atoms with Gasteiger partial charge < -0.3 is 19.7 Å². The molecule has 1 fully saturated rings. The van der Waals surface area contributed by atoms with Gasteiger partial charge >= 0.3 is 0 Å². The quantitative estimate of drug-likeness (QED) is 0.888. The van der Waals surface area contributed by atoms with Crippen molar-refractivity contribution in [2.45, 2.75) is 18.9 Å². The normalized spacial score (nSPS) is 17.5. The molecule has 2 rings (SSSR count). The first-order chi connectivity index (χ1) is 8.72. The second-order valence-corrected chi connectivity index (χ2v) is 4.79. The summed E-state index contributed by atoms with van der Waals surface area (Å²) in [6.45, 7) is 2.30. The largest absolute Gasteiger partial charge is 0.497 e. The molecule has 100 valence electrons. The van der Waals surface area contributed by atoms with Crippen molar-refractivity contribution in [2.75, 3.05) is 39.7 Å². The minimum absolute atomic E-state index is 0.531. The van der Waals surface area contributed by atoms with E-state index in [-0.39, 0.29) is 0 Å². The monoisotopic (exact) mass is 250 g/mol. The van der Waals surface area contributed by atoms with E-state index >= 15 is 0 Å². The number of nitrogens with one attached hydrogen (secondary N) is 1. The number of hydrogen-bond acceptors (Lipinski definition) is 4. The smallest absolute Gasteiger partial charge is 0.145 e. The van der Waals surface area contributed by atoms with Gasteiger partial charge in [-0.1, -0.05) is 0 Å². The molecule has 0 aliphatic carbocycles. The van der Waals surface area contributed by atoms with Crippen LogP contribution < -0.4 is 14.8 Å². The van der Waals surface area contributed by atoms with Crippen LogP contribution in [0.3, 0.4) is 0 Å². The summed E-state index contributed by atoms with van der Waals surface area (Å²) in [6, 6.07) is 6.43. The number of anilines is 1. The van der Waals surface area contributed by atoms with E-state index in [9.17, 15) is 0 Å². The summed E-state index contributed by atoms with van der Waals surface area (Å²) in [5.41, 5.74) is 1.05. The van der Waals surface area contributed by atoms with Crippen LogP contribution >= 0.6 is 0 Å². The van der Waals surface area contributed by atoms with Gasteiger partial charge in [0.25, 0.3) is 0 Å². The average molecular weight is 250 g/mol. The molecule has 1 aliphatic rings. The summed E-state index contributed by atoms with van der Waals surface area (Å²) in [5, 5.41) is 3.57. The van der Waals surface area contributed by atoms with Gasteiger partial charge in [-0.3, -0.25) is 0 Å². The summed E-state index contributed by atoms with van der Waals surface area (Å²) in [5.74, 6) is 1.66. The number of benzene rings is 1. The van der Waals surface area contributed by atoms with E-state index in [1.807, 2.05) is 18.2 Å². The summed E-state index contributed by atoms with van der Waals surface area (Å²) in [4.78, 5) is 2.36. The van der Waals surface area contributed by atoms with Crippen molar-refractivity contribution >= 4 is 5.69 Å². The zero-order valence-corrected chi connectivity index (χ0v) is 11.4. The molecule has 1 aromatic rings. The number of rotatable bonds is 4. The third-order valence-corrected chi connectivity index (χ3v) is 3.49. The van der Waals surface area contributed by atoms with Gasteiger partial charge in [0.2, 0.25) is 0 Å². The number of methoxy groups -OCH3 is 2. The standard InChI is InChI=1S/C14H22N2O2/c1-16-8-6-11(7-9-16)15-13-5-4-12(17-2)10-14(13)18-3/h4-5,10-11,15H,6-9H2,1-3H3. The topological polar surface area (TPSA) is 33.7 Å². The predicted octanol–water partition coefficient (Wildman–Crippen LogP) is 2.21. The molecule has 1 heterocycles. The Morgan fingerprint density at radius 3 is 2.50 bits per heavy atom. The molecule has 0 unspecified atom stereocenters. The summed E-state index contributed by atoms with van der Waals surface area (Å²) in [7, 11) is 5.53. The summed E-state index contributed by atoms with van der Waals surface area (Å²) < 4.78 is 10.6. The maximum Gasteiger partial charge on any atom is 0.145 e. The lowest BCUT2D eigenvalue weighted by Crippen LogP contribution is -2.36. The van der Waals surface area contributed by atoms with Crippen LogP contribution in [0.1, 0.15) is 12.8 Å². The molecule has 0 bridgehead atoms. The van der Waals surface area contributed by atoms with Crippen LogP contribution in [0.5, 0.6) is 11.5 Å². The molecule has 1 N–H and O–H groups in total. The summed E-state index contributed by atoms with van der Waals surface area (Å²) >= 11 is 0. The van der Waals surface area contributed by atoms with Crippen molar-refractivity contribution in [3.63, 3.8) is 0 Å². The van der Waals surface area contributed by atoms with E-state index in [0.29, 0.717) is 6.04 Å². The lowest BCUT2D eigenvalue weighted by atomic mass is 10.1. The maximum atomic E-state index is 5.40. The Labute approximate surface area is 109 Å². The highest BCUT2D eigenvalue weighted by Gasteiger charge is 2.17.